The van der Waals surface area contributed by atoms with Gasteiger partial charge in [0.15, 0.2) is 0 Å². The maximum Gasteiger partial charge on any atom is 0.266 e. The van der Waals surface area contributed by atoms with Crippen LogP contribution in [0, 0.1) is 6.92 Å². The van der Waals surface area contributed by atoms with Gasteiger partial charge in [0.1, 0.15) is 15.7 Å². The predicted octanol–water partition coefficient (Wildman–Crippen LogP) is 2.16. The van der Waals surface area contributed by atoms with Crippen molar-refractivity contribution in [3.05, 3.63) is 22.7 Å². The number of aromatic nitrogens is 1. The first-order valence-corrected chi connectivity index (χ1v) is 7.49. The quantitative estimate of drug-likeness (QED) is 0.807. The summed E-state index contributed by atoms with van der Waals surface area (Å²) in [5, 5.41) is 3.80. The van der Waals surface area contributed by atoms with Gasteiger partial charge in [0, 0.05) is 17.6 Å². The molecular weight excluding hydrogens is 274 g/mol. The third kappa shape index (κ3) is 1.51. The average Bonchev–Trinajstić information content (AvgIpc) is 3.00. The summed E-state index contributed by atoms with van der Waals surface area (Å²) in [7, 11) is 0. The van der Waals surface area contributed by atoms with Crippen LogP contribution in [0.2, 0.25) is 0 Å². The van der Waals surface area contributed by atoms with Gasteiger partial charge in [-0.1, -0.05) is 0 Å². The van der Waals surface area contributed by atoms with E-state index < -0.39 is 0 Å². The first-order valence-electron chi connectivity index (χ1n) is 6.67. The number of fused-ring (bicyclic) bond motifs is 4. The van der Waals surface area contributed by atoms with Crippen molar-refractivity contribution in [2.75, 3.05) is 11.9 Å². The second kappa shape index (κ2) is 4.02. The molecule has 2 amide bonds. The van der Waals surface area contributed by atoms with Crippen LogP contribution in [-0.4, -0.2) is 34.3 Å². The van der Waals surface area contributed by atoms with Crippen molar-refractivity contribution in [2.45, 2.75) is 25.8 Å². The molecule has 1 fully saturated rings. The van der Waals surface area contributed by atoms with Crippen LogP contribution in [0.4, 0.5) is 5.69 Å². The Balaban J connectivity index is 1.95. The molecule has 1 N–H and O–H groups in total. The van der Waals surface area contributed by atoms with Crippen LogP contribution in [0.5, 0.6) is 0 Å². The van der Waals surface area contributed by atoms with E-state index in [4.69, 9.17) is 0 Å². The number of thiophene rings is 1. The van der Waals surface area contributed by atoms with E-state index in [9.17, 15) is 9.59 Å². The van der Waals surface area contributed by atoms with E-state index in [0.717, 1.165) is 28.8 Å². The number of hydrogen-bond donors (Lipinski definition) is 1. The van der Waals surface area contributed by atoms with E-state index in [2.05, 4.69) is 10.3 Å². The zero-order valence-corrected chi connectivity index (χ0v) is 11.8. The van der Waals surface area contributed by atoms with Crippen LogP contribution in [0.1, 0.15) is 28.2 Å². The largest absolute Gasteiger partial charge is 0.326 e. The normalized spacial score (nSPS) is 21.6. The molecule has 0 spiro atoms. The van der Waals surface area contributed by atoms with Crippen LogP contribution in [0.25, 0.3) is 10.2 Å². The van der Waals surface area contributed by atoms with E-state index in [1.165, 1.54) is 11.3 Å². The minimum absolute atomic E-state index is 0.0403. The van der Waals surface area contributed by atoms with Crippen molar-refractivity contribution in [3.63, 3.8) is 0 Å². The molecule has 0 bridgehead atoms. The van der Waals surface area contributed by atoms with Crippen molar-refractivity contribution in [2.24, 2.45) is 0 Å². The molecule has 0 radical (unpaired) electrons. The van der Waals surface area contributed by atoms with Crippen molar-refractivity contribution in [3.8, 4) is 0 Å². The van der Waals surface area contributed by atoms with Gasteiger partial charge in [-0.3, -0.25) is 9.59 Å². The molecule has 4 rings (SSSR count). The zero-order chi connectivity index (χ0) is 13.9. The molecule has 6 heteroatoms. The third-order valence-electron chi connectivity index (χ3n) is 3.95. The number of pyridine rings is 1. The van der Waals surface area contributed by atoms with Gasteiger partial charge in [0.25, 0.3) is 5.91 Å². The van der Waals surface area contributed by atoms with Crippen LogP contribution in [0.3, 0.4) is 0 Å². The molecule has 2 aromatic heterocycles. The van der Waals surface area contributed by atoms with Gasteiger partial charge in [-0.2, -0.15) is 0 Å². The Hall–Kier alpha value is -1.95. The third-order valence-corrected chi connectivity index (χ3v) is 5.04. The molecule has 0 saturated carbocycles. The first-order chi connectivity index (χ1) is 9.65. The molecule has 0 aromatic carbocycles. The lowest BCUT2D eigenvalue weighted by Gasteiger charge is -2.19. The summed E-state index contributed by atoms with van der Waals surface area (Å²) in [6.07, 6.45) is 1.64. The second-order valence-electron chi connectivity index (χ2n) is 5.26. The van der Waals surface area contributed by atoms with Gasteiger partial charge in [-0.25, -0.2) is 4.98 Å². The van der Waals surface area contributed by atoms with Gasteiger partial charge in [0.05, 0.1) is 5.69 Å². The van der Waals surface area contributed by atoms with Gasteiger partial charge in [0.2, 0.25) is 5.91 Å². The van der Waals surface area contributed by atoms with Crippen LogP contribution in [-0.2, 0) is 4.79 Å². The minimum Gasteiger partial charge on any atom is -0.326 e. The minimum atomic E-state index is -0.310. The number of nitrogens with one attached hydrogen (secondary N) is 1. The molecule has 1 saturated heterocycles. The van der Waals surface area contributed by atoms with Crippen LogP contribution < -0.4 is 5.32 Å². The number of carbonyl (C=O) groups excluding carboxylic acids is 2. The smallest absolute Gasteiger partial charge is 0.266 e. The van der Waals surface area contributed by atoms with Gasteiger partial charge < -0.3 is 10.2 Å². The highest BCUT2D eigenvalue weighted by Crippen LogP contribution is 2.39. The summed E-state index contributed by atoms with van der Waals surface area (Å²) >= 11 is 1.37. The van der Waals surface area contributed by atoms with Gasteiger partial charge in [-0.15, -0.1) is 11.3 Å². The summed E-state index contributed by atoms with van der Waals surface area (Å²) in [6, 6.07) is 3.52. The molecule has 1 atom stereocenters. The molecule has 2 aliphatic rings. The highest BCUT2D eigenvalue weighted by Gasteiger charge is 2.40. The molecule has 2 aliphatic heterocycles. The van der Waals surface area contributed by atoms with Crippen molar-refractivity contribution < 1.29 is 9.59 Å². The molecule has 0 aliphatic carbocycles. The number of carbonyl (C=O) groups is 2. The number of hydrogen-bond acceptors (Lipinski definition) is 4. The highest BCUT2D eigenvalue weighted by atomic mass is 32.1. The van der Waals surface area contributed by atoms with E-state index in [-0.39, 0.29) is 17.9 Å². The summed E-state index contributed by atoms with van der Waals surface area (Å²) in [5.74, 6) is -0.114. The Morgan fingerprint density at radius 3 is 3.10 bits per heavy atom. The SMILES string of the molecule is Cc1ccc2c3c(sc2n1)C(=O)N1CCC[C@H]1C(=O)N3. The zero-order valence-electron chi connectivity index (χ0n) is 11.0. The molecule has 4 heterocycles. The average molecular weight is 287 g/mol. The number of aryl methyl sites for hydroxylation is 1. The maximum absolute atomic E-state index is 12.6. The van der Waals surface area contributed by atoms with Crippen LogP contribution in [0.15, 0.2) is 12.1 Å². The molecule has 102 valence electrons. The molecule has 5 nitrogen and oxygen atoms in total. The summed E-state index contributed by atoms with van der Waals surface area (Å²) in [5.41, 5.74) is 1.55. The topological polar surface area (TPSA) is 62.3 Å². The van der Waals surface area contributed by atoms with Gasteiger partial charge in [-0.05, 0) is 31.9 Å². The number of anilines is 1. The summed E-state index contributed by atoms with van der Waals surface area (Å²) in [4.78, 5) is 32.5. The highest BCUT2D eigenvalue weighted by molar-refractivity contribution is 7.21. The van der Waals surface area contributed by atoms with Crippen LogP contribution >= 0.6 is 11.3 Å². The Morgan fingerprint density at radius 2 is 2.25 bits per heavy atom. The number of rotatable bonds is 0. The summed E-state index contributed by atoms with van der Waals surface area (Å²) in [6.45, 7) is 2.58. The van der Waals surface area contributed by atoms with E-state index in [0.29, 0.717) is 17.1 Å². The van der Waals surface area contributed by atoms with Crippen molar-refractivity contribution >= 4 is 39.1 Å². The van der Waals surface area contributed by atoms with Crippen molar-refractivity contribution in [1.29, 1.82) is 0 Å². The predicted molar refractivity (Wildman–Crippen MR) is 77.0 cm³/mol. The fourth-order valence-electron chi connectivity index (χ4n) is 2.96. The van der Waals surface area contributed by atoms with Crippen molar-refractivity contribution in [1.82, 2.24) is 9.88 Å². The van der Waals surface area contributed by atoms with E-state index in [1.54, 1.807) is 4.90 Å². The molecule has 2 aromatic rings. The molecular formula is C14H13N3O2S. The fourth-order valence-corrected chi connectivity index (χ4v) is 4.10. The molecule has 20 heavy (non-hydrogen) atoms. The number of amides is 2. The Morgan fingerprint density at radius 1 is 1.40 bits per heavy atom. The first kappa shape index (κ1) is 11.8. The summed E-state index contributed by atoms with van der Waals surface area (Å²) < 4.78 is 0. The lowest BCUT2D eigenvalue weighted by molar-refractivity contribution is -0.119. The Labute approximate surface area is 119 Å². The maximum atomic E-state index is 12.6. The Kier molecular flexibility index (Phi) is 2.38. The van der Waals surface area contributed by atoms with Gasteiger partial charge >= 0.3 is 0 Å². The molecule has 0 unspecified atom stereocenters. The lowest BCUT2D eigenvalue weighted by Crippen LogP contribution is -2.40. The van der Waals surface area contributed by atoms with E-state index >= 15 is 0 Å². The standard InChI is InChI=1S/C14H13N3O2S/c1-7-4-5-8-10-11(20-13(8)15-7)14(19)17-6-2-3-9(17)12(18)16-10/h4-5,9H,2-3,6H2,1H3,(H,16,18)/t9-/m0/s1. The van der Waals surface area contributed by atoms with E-state index in [1.807, 2.05) is 19.1 Å². The fraction of sp³-hybridized carbons (Fsp3) is 0.357. The lowest BCUT2D eigenvalue weighted by atomic mass is 10.2. The second-order valence-corrected chi connectivity index (χ2v) is 6.26. The number of nitrogens with zero attached hydrogens (tertiary/aromatic N) is 2. The Bertz CT molecular complexity index is 752. The monoisotopic (exact) mass is 287 g/mol.